The van der Waals surface area contributed by atoms with Gasteiger partial charge in [-0.3, -0.25) is 9.69 Å². The normalized spacial score (nSPS) is 18.9. The van der Waals surface area contributed by atoms with Crippen molar-refractivity contribution >= 4 is 23.2 Å². The van der Waals surface area contributed by atoms with E-state index in [4.69, 9.17) is 16.3 Å². The van der Waals surface area contributed by atoms with E-state index in [1.165, 1.54) is 16.7 Å². The zero-order valence-corrected chi connectivity index (χ0v) is 17.1. The van der Waals surface area contributed by atoms with Gasteiger partial charge in [-0.05, 0) is 68.9 Å². The summed E-state index contributed by atoms with van der Waals surface area (Å²) in [4.78, 5) is 19.2. The number of fused-ring (bicyclic) bond motifs is 1. The van der Waals surface area contributed by atoms with E-state index in [9.17, 15) is 4.79 Å². The number of pyridine rings is 1. The fourth-order valence-corrected chi connectivity index (χ4v) is 4.06. The zero-order valence-electron chi connectivity index (χ0n) is 16.4. The number of aryl methyl sites for hydroxylation is 2. The van der Waals surface area contributed by atoms with Crippen molar-refractivity contribution in [1.29, 1.82) is 0 Å². The van der Waals surface area contributed by atoms with E-state index in [2.05, 4.69) is 41.2 Å². The second-order valence-electron chi connectivity index (χ2n) is 7.77. The van der Waals surface area contributed by atoms with Crippen LogP contribution in [0.3, 0.4) is 0 Å². The molecular weight excluding hydrogens is 374 g/mol. The van der Waals surface area contributed by atoms with Crippen LogP contribution in [0.25, 0.3) is 0 Å². The second-order valence-corrected chi connectivity index (χ2v) is 8.13. The molecule has 1 aliphatic heterocycles. The molecule has 148 valence electrons. The first-order valence-corrected chi connectivity index (χ1v) is 10.3. The fraction of sp³-hybridized carbons (Fsp3) is 0.455. The molecule has 1 amide bonds. The van der Waals surface area contributed by atoms with Crippen molar-refractivity contribution in [1.82, 2.24) is 9.88 Å². The number of rotatable bonds is 5. The van der Waals surface area contributed by atoms with E-state index in [1.54, 1.807) is 18.3 Å². The van der Waals surface area contributed by atoms with Crippen LogP contribution >= 0.6 is 11.6 Å². The maximum Gasteiger partial charge on any atom is 0.238 e. The first-order chi connectivity index (χ1) is 13.5. The van der Waals surface area contributed by atoms with Crippen molar-refractivity contribution in [2.24, 2.45) is 0 Å². The molecule has 1 aromatic carbocycles. The number of hydrogen-bond acceptors (Lipinski definition) is 4. The quantitative estimate of drug-likeness (QED) is 0.742. The van der Waals surface area contributed by atoms with Gasteiger partial charge in [0.15, 0.2) is 5.15 Å². The van der Waals surface area contributed by atoms with Crippen molar-refractivity contribution in [2.45, 2.75) is 51.6 Å². The fourth-order valence-electron chi connectivity index (χ4n) is 3.89. The number of nitrogens with one attached hydrogen (secondary N) is 1. The van der Waals surface area contributed by atoms with Gasteiger partial charge in [-0.1, -0.05) is 17.7 Å². The van der Waals surface area contributed by atoms with Gasteiger partial charge in [0.1, 0.15) is 5.75 Å². The highest BCUT2D eigenvalue weighted by molar-refractivity contribution is 6.32. The summed E-state index contributed by atoms with van der Waals surface area (Å²) in [5, 5.41) is 3.23. The molecule has 0 radical (unpaired) electrons. The number of hydrogen-bond donors (Lipinski definition) is 1. The minimum atomic E-state index is -0.0580. The lowest BCUT2D eigenvalue weighted by molar-refractivity contribution is -0.118. The number of halogens is 1. The topological polar surface area (TPSA) is 54.5 Å². The molecule has 1 saturated carbocycles. The molecule has 2 heterocycles. The number of carbonyl (C=O) groups is 1. The number of nitrogens with zero attached hydrogens (tertiary/aromatic N) is 2. The Bertz CT molecular complexity index is 882. The van der Waals surface area contributed by atoms with Crippen LogP contribution in [0.1, 0.15) is 48.4 Å². The highest BCUT2D eigenvalue weighted by Crippen LogP contribution is 2.42. The average Bonchev–Trinajstić information content (AvgIpc) is 3.51. The Morgan fingerprint density at radius 3 is 2.82 bits per heavy atom. The molecule has 0 saturated heterocycles. The van der Waals surface area contributed by atoms with Crippen molar-refractivity contribution in [3.8, 4) is 5.75 Å². The number of ether oxygens (including phenoxy) is 1. The monoisotopic (exact) mass is 399 g/mol. The van der Waals surface area contributed by atoms with Gasteiger partial charge in [0.25, 0.3) is 0 Å². The van der Waals surface area contributed by atoms with Gasteiger partial charge in [-0.25, -0.2) is 4.98 Å². The summed E-state index contributed by atoms with van der Waals surface area (Å²) in [6.45, 7) is 5.31. The number of amides is 1. The summed E-state index contributed by atoms with van der Waals surface area (Å²) >= 11 is 6.09. The third-order valence-electron chi connectivity index (χ3n) is 5.64. The number of aromatic nitrogens is 1. The first-order valence-electron chi connectivity index (χ1n) is 9.93. The van der Waals surface area contributed by atoms with Gasteiger partial charge < -0.3 is 10.1 Å². The van der Waals surface area contributed by atoms with Gasteiger partial charge in [0.05, 0.1) is 18.8 Å². The molecule has 1 atom stereocenters. The van der Waals surface area contributed by atoms with E-state index in [1.807, 2.05) is 0 Å². The van der Waals surface area contributed by atoms with Crippen LogP contribution in [0.4, 0.5) is 5.69 Å². The van der Waals surface area contributed by atoms with E-state index in [0.29, 0.717) is 23.4 Å². The van der Waals surface area contributed by atoms with E-state index in [0.717, 1.165) is 38.0 Å². The molecule has 2 aromatic rings. The number of anilines is 1. The van der Waals surface area contributed by atoms with Gasteiger partial charge >= 0.3 is 0 Å². The smallest absolute Gasteiger partial charge is 0.238 e. The lowest BCUT2D eigenvalue weighted by atomic mass is 9.96. The van der Waals surface area contributed by atoms with Crippen molar-refractivity contribution in [3.05, 3.63) is 52.3 Å². The van der Waals surface area contributed by atoms with Crippen LogP contribution in [0.15, 0.2) is 30.5 Å². The van der Waals surface area contributed by atoms with Crippen LogP contribution in [-0.2, 0) is 4.79 Å². The Labute approximate surface area is 171 Å². The van der Waals surface area contributed by atoms with E-state index in [-0.39, 0.29) is 11.9 Å². The van der Waals surface area contributed by atoms with Crippen LogP contribution in [0.5, 0.6) is 5.75 Å². The molecule has 4 rings (SSSR count). The Kier molecular flexibility index (Phi) is 5.56. The average molecular weight is 400 g/mol. The van der Waals surface area contributed by atoms with Crippen molar-refractivity contribution in [3.63, 3.8) is 0 Å². The minimum absolute atomic E-state index is 0.0580. The predicted octanol–water partition coefficient (Wildman–Crippen LogP) is 4.67. The molecule has 1 aliphatic carbocycles. The summed E-state index contributed by atoms with van der Waals surface area (Å²) < 4.78 is 6.03. The molecule has 2 aliphatic rings. The number of carbonyl (C=O) groups excluding carboxylic acids is 1. The van der Waals surface area contributed by atoms with Gasteiger partial charge in [0, 0.05) is 23.8 Å². The van der Waals surface area contributed by atoms with Crippen LogP contribution in [0.2, 0.25) is 5.15 Å². The Morgan fingerprint density at radius 2 is 2.07 bits per heavy atom. The number of benzene rings is 1. The zero-order chi connectivity index (χ0) is 19.7. The Morgan fingerprint density at radius 1 is 1.29 bits per heavy atom. The van der Waals surface area contributed by atoms with Crippen molar-refractivity contribution < 1.29 is 9.53 Å². The summed E-state index contributed by atoms with van der Waals surface area (Å²) in [5.74, 6) is 0.907. The van der Waals surface area contributed by atoms with Crippen LogP contribution in [0, 0.1) is 13.8 Å². The SMILES string of the molecule is Cc1cc2c(cc1C)[C@H](N(CC(=O)Nc1cccnc1Cl)C1CC1)CCCO2. The molecule has 1 fully saturated rings. The van der Waals surface area contributed by atoms with Crippen LogP contribution in [-0.4, -0.2) is 35.0 Å². The molecule has 6 heteroatoms. The highest BCUT2D eigenvalue weighted by atomic mass is 35.5. The molecule has 0 unspecified atom stereocenters. The lowest BCUT2D eigenvalue weighted by Gasteiger charge is -2.31. The first kappa shape index (κ1) is 19.2. The maximum atomic E-state index is 12.8. The molecule has 5 nitrogen and oxygen atoms in total. The third kappa shape index (κ3) is 4.15. The molecule has 1 aromatic heterocycles. The summed E-state index contributed by atoms with van der Waals surface area (Å²) in [6.07, 6.45) is 5.86. The molecule has 0 bridgehead atoms. The molecule has 0 spiro atoms. The third-order valence-corrected chi connectivity index (χ3v) is 5.94. The summed E-state index contributed by atoms with van der Waals surface area (Å²) in [5.41, 5.74) is 4.26. The maximum absolute atomic E-state index is 12.8. The standard InChI is InChI=1S/C22H26ClN3O2/c1-14-11-17-19(6-4-10-28-20(17)12-15(14)2)26(16-7-8-16)13-21(27)25-18-5-3-9-24-22(18)23/h3,5,9,11-12,16,19H,4,6-8,10,13H2,1-2H3,(H,25,27)/t19-/m1/s1. The van der Waals surface area contributed by atoms with Crippen molar-refractivity contribution in [2.75, 3.05) is 18.5 Å². The Hall–Kier alpha value is -2.11. The highest BCUT2D eigenvalue weighted by Gasteiger charge is 2.37. The van der Waals surface area contributed by atoms with Gasteiger partial charge in [0.2, 0.25) is 5.91 Å². The van der Waals surface area contributed by atoms with Gasteiger partial charge in [-0.2, -0.15) is 0 Å². The van der Waals surface area contributed by atoms with E-state index < -0.39 is 0 Å². The summed E-state index contributed by atoms with van der Waals surface area (Å²) in [6, 6.07) is 8.57. The summed E-state index contributed by atoms with van der Waals surface area (Å²) in [7, 11) is 0. The Balaban J connectivity index is 1.58. The minimum Gasteiger partial charge on any atom is -0.493 e. The predicted molar refractivity (Wildman–Crippen MR) is 111 cm³/mol. The molecule has 28 heavy (non-hydrogen) atoms. The lowest BCUT2D eigenvalue weighted by Crippen LogP contribution is -2.38. The van der Waals surface area contributed by atoms with Crippen LogP contribution < -0.4 is 10.1 Å². The van der Waals surface area contributed by atoms with Gasteiger partial charge in [-0.15, -0.1) is 0 Å². The molecular formula is C22H26ClN3O2. The second kappa shape index (κ2) is 8.10. The van der Waals surface area contributed by atoms with E-state index >= 15 is 0 Å². The molecule has 1 N–H and O–H groups in total. The largest absolute Gasteiger partial charge is 0.493 e.